The lowest BCUT2D eigenvalue weighted by Gasteiger charge is -2.27. The highest BCUT2D eigenvalue weighted by Crippen LogP contribution is 2.31. The summed E-state index contributed by atoms with van der Waals surface area (Å²) in [4.78, 5) is 0. The van der Waals surface area contributed by atoms with Gasteiger partial charge in [-0.05, 0) is 37.3 Å². The molecule has 0 bridgehead atoms. The van der Waals surface area contributed by atoms with E-state index in [0.717, 1.165) is 11.8 Å². The van der Waals surface area contributed by atoms with Crippen LogP contribution in [0.1, 0.15) is 26.7 Å². The van der Waals surface area contributed by atoms with Crippen molar-refractivity contribution in [2.24, 2.45) is 11.8 Å². The second-order valence-electron chi connectivity index (χ2n) is 6.98. The van der Waals surface area contributed by atoms with Gasteiger partial charge in [0.1, 0.15) is 0 Å². The van der Waals surface area contributed by atoms with Crippen LogP contribution in [0.3, 0.4) is 0 Å². The van der Waals surface area contributed by atoms with Gasteiger partial charge in [-0.1, -0.05) is 45.6 Å². The Bertz CT molecular complexity index is 240. The van der Waals surface area contributed by atoms with E-state index in [2.05, 4.69) is 45.4 Å². The number of nitrogens with one attached hydrogen (secondary N) is 1. The fraction of sp³-hybridized carbons (Fsp3) is 0.857. The SMILES string of the molecule is C=C(C[Si](C)(C)C)[C@H]1CCN[C@@H]1CC(C)C. The molecule has 0 saturated carbocycles. The smallest absolute Gasteiger partial charge is 0.0483 e. The molecule has 0 radical (unpaired) electrons. The molecule has 16 heavy (non-hydrogen) atoms. The van der Waals surface area contributed by atoms with Crippen LogP contribution in [0.4, 0.5) is 0 Å². The lowest BCUT2D eigenvalue weighted by atomic mass is 9.88. The molecule has 1 aliphatic heterocycles. The summed E-state index contributed by atoms with van der Waals surface area (Å²) in [6.45, 7) is 17.5. The molecule has 0 aromatic rings. The molecule has 0 aromatic heterocycles. The van der Waals surface area contributed by atoms with Crippen molar-refractivity contribution in [1.29, 1.82) is 0 Å². The average Bonchev–Trinajstić information content (AvgIpc) is 2.47. The van der Waals surface area contributed by atoms with E-state index in [0.29, 0.717) is 6.04 Å². The third-order valence-electron chi connectivity index (χ3n) is 3.35. The zero-order valence-electron chi connectivity index (χ0n) is 11.8. The molecule has 1 saturated heterocycles. The third-order valence-corrected chi connectivity index (χ3v) is 4.87. The Morgan fingerprint density at radius 2 is 2.00 bits per heavy atom. The Balaban J connectivity index is 2.54. The summed E-state index contributed by atoms with van der Waals surface area (Å²) >= 11 is 0. The van der Waals surface area contributed by atoms with Crippen LogP contribution < -0.4 is 5.32 Å². The van der Waals surface area contributed by atoms with E-state index in [1.807, 2.05) is 0 Å². The van der Waals surface area contributed by atoms with Crippen LogP contribution in [0.2, 0.25) is 25.7 Å². The molecule has 1 rings (SSSR count). The second-order valence-corrected chi connectivity index (χ2v) is 12.5. The third kappa shape index (κ3) is 4.42. The van der Waals surface area contributed by atoms with Crippen molar-refractivity contribution in [3.8, 4) is 0 Å². The molecular weight excluding hydrogens is 210 g/mol. The Labute approximate surface area is 103 Å². The van der Waals surface area contributed by atoms with Gasteiger partial charge in [0.05, 0.1) is 0 Å². The van der Waals surface area contributed by atoms with Gasteiger partial charge in [-0.3, -0.25) is 0 Å². The van der Waals surface area contributed by atoms with E-state index in [9.17, 15) is 0 Å². The minimum absolute atomic E-state index is 0.698. The van der Waals surface area contributed by atoms with Gasteiger partial charge in [0.15, 0.2) is 0 Å². The summed E-state index contributed by atoms with van der Waals surface area (Å²) in [7, 11) is -0.985. The predicted molar refractivity (Wildman–Crippen MR) is 76.6 cm³/mol. The molecule has 1 heterocycles. The first-order valence-electron chi connectivity index (χ1n) is 6.70. The van der Waals surface area contributed by atoms with Crippen LogP contribution in [0.15, 0.2) is 12.2 Å². The van der Waals surface area contributed by atoms with Crippen LogP contribution in [0, 0.1) is 11.8 Å². The molecule has 0 aliphatic carbocycles. The lowest BCUT2D eigenvalue weighted by molar-refractivity contribution is 0.409. The summed E-state index contributed by atoms with van der Waals surface area (Å²) in [5, 5.41) is 3.66. The fourth-order valence-electron chi connectivity index (χ4n) is 2.82. The highest BCUT2D eigenvalue weighted by Gasteiger charge is 2.30. The zero-order chi connectivity index (χ0) is 12.3. The molecular formula is C14H29NSi. The molecule has 1 N–H and O–H groups in total. The summed E-state index contributed by atoms with van der Waals surface area (Å²) in [6.07, 6.45) is 2.61. The molecule has 1 nitrogen and oxygen atoms in total. The topological polar surface area (TPSA) is 12.0 Å². The van der Waals surface area contributed by atoms with Gasteiger partial charge in [-0.2, -0.15) is 0 Å². The van der Waals surface area contributed by atoms with Gasteiger partial charge in [0, 0.05) is 14.1 Å². The van der Waals surface area contributed by atoms with Crippen molar-refractivity contribution in [2.45, 2.75) is 58.4 Å². The van der Waals surface area contributed by atoms with E-state index in [-0.39, 0.29) is 0 Å². The van der Waals surface area contributed by atoms with Gasteiger partial charge in [0.25, 0.3) is 0 Å². The minimum Gasteiger partial charge on any atom is -0.313 e. The first kappa shape index (κ1) is 14.0. The standard InChI is InChI=1S/C14H29NSi/c1-11(2)9-14-13(7-8-15-14)12(3)10-16(4,5)6/h11,13-15H,3,7-10H2,1-2,4-6H3/t13-,14-/m1/s1. The molecule has 1 fully saturated rings. The molecule has 1 aliphatic rings. The number of hydrogen-bond donors (Lipinski definition) is 1. The monoisotopic (exact) mass is 239 g/mol. The van der Waals surface area contributed by atoms with E-state index < -0.39 is 8.07 Å². The number of hydrogen-bond acceptors (Lipinski definition) is 1. The minimum atomic E-state index is -0.985. The van der Waals surface area contributed by atoms with Gasteiger partial charge in [0.2, 0.25) is 0 Å². The summed E-state index contributed by atoms with van der Waals surface area (Å²) < 4.78 is 0. The quantitative estimate of drug-likeness (QED) is 0.567. The zero-order valence-corrected chi connectivity index (χ0v) is 12.8. The predicted octanol–water partition coefficient (Wildman–Crippen LogP) is 3.91. The largest absolute Gasteiger partial charge is 0.313 e. The Morgan fingerprint density at radius 3 is 2.50 bits per heavy atom. The van der Waals surface area contributed by atoms with Crippen LogP contribution in [0.25, 0.3) is 0 Å². The van der Waals surface area contributed by atoms with Crippen molar-refractivity contribution < 1.29 is 0 Å². The normalized spacial score (nSPS) is 26.4. The summed E-state index contributed by atoms with van der Waals surface area (Å²) in [5.74, 6) is 1.53. The number of rotatable bonds is 5. The van der Waals surface area contributed by atoms with E-state index in [4.69, 9.17) is 0 Å². The summed E-state index contributed by atoms with van der Waals surface area (Å²) in [5.41, 5.74) is 1.52. The van der Waals surface area contributed by atoms with Crippen LogP contribution in [0.5, 0.6) is 0 Å². The molecule has 0 amide bonds. The average molecular weight is 239 g/mol. The lowest BCUT2D eigenvalue weighted by Crippen LogP contribution is -2.31. The van der Waals surface area contributed by atoms with Crippen LogP contribution >= 0.6 is 0 Å². The van der Waals surface area contributed by atoms with E-state index >= 15 is 0 Å². The van der Waals surface area contributed by atoms with E-state index in [1.165, 1.54) is 31.0 Å². The van der Waals surface area contributed by atoms with Crippen molar-refractivity contribution in [1.82, 2.24) is 5.32 Å². The van der Waals surface area contributed by atoms with Gasteiger partial charge >= 0.3 is 0 Å². The molecule has 0 unspecified atom stereocenters. The van der Waals surface area contributed by atoms with Gasteiger partial charge in [-0.15, -0.1) is 0 Å². The second kappa shape index (κ2) is 5.50. The molecule has 0 aromatic carbocycles. The first-order chi connectivity index (χ1) is 7.29. The van der Waals surface area contributed by atoms with Gasteiger partial charge < -0.3 is 5.32 Å². The molecule has 2 atom stereocenters. The van der Waals surface area contributed by atoms with Crippen molar-refractivity contribution >= 4 is 8.07 Å². The highest BCUT2D eigenvalue weighted by atomic mass is 28.3. The Morgan fingerprint density at radius 1 is 1.38 bits per heavy atom. The maximum atomic E-state index is 4.37. The molecule has 94 valence electrons. The van der Waals surface area contributed by atoms with Crippen LogP contribution in [-0.4, -0.2) is 20.7 Å². The highest BCUT2D eigenvalue weighted by molar-refractivity contribution is 6.76. The Hall–Kier alpha value is -0.0831. The maximum Gasteiger partial charge on any atom is 0.0483 e. The summed E-state index contributed by atoms with van der Waals surface area (Å²) in [6, 6.07) is 2.00. The Kier molecular flexibility index (Phi) is 4.81. The molecule has 0 spiro atoms. The van der Waals surface area contributed by atoms with Crippen LogP contribution in [-0.2, 0) is 0 Å². The van der Waals surface area contributed by atoms with Crippen molar-refractivity contribution in [3.05, 3.63) is 12.2 Å². The fourth-order valence-corrected chi connectivity index (χ4v) is 4.45. The molecule has 2 heteroatoms. The van der Waals surface area contributed by atoms with Crippen molar-refractivity contribution in [2.75, 3.05) is 6.54 Å². The van der Waals surface area contributed by atoms with Crippen molar-refractivity contribution in [3.63, 3.8) is 0 Å². The van der Waals surface area contributed by atoms with E-state index in [1.54, 1.807) is 0 Å². The van der Waals surface area contributed by atoms with Gasteiger partial charge in [-0.25, -0.2) is 0 Å². The first-order valence-corrected chi connectivity index (χ1v) is 10.4. The maximum absolute atomic E-state index is 4.37.